The molecule has 21 heavy (non-hydrogen) atoms. The maximum atomic E-state index is 12.2. The lowest BCUT2D eigenvalue weighted by molar-refractivity contribution is 0.101. The number of nitrogens with zero attached hydrogens (tertiary/aromatic N) is 2. The van der Waals surface area contributed by atoms with E-state index in [4.69, 9.17) is 5.11 Å². The summed E-state index contributed by atoms with van der Waals surface area (Å²) in [5.74, 6) is 5.59. The third kappa shape index (κ3) is 3.71. The fourth-order valence-electron chi connectivity index (χ4n) is 1.87. The zero-order valence-electron chi connectivity index (χ0n) is 12.1. The SMILES string of the molecule is Cc1ccc(C#CCCO)c(NC(=O)c2ccnn2C)c1. The van der Waals surface area contributed by atoms with Gasteiger partial charge >= 0.3 is 0 Å². The standard InChI is InChI=1S/C16H17N3O2/c1-12-6-7-13(5-3-4-10-20)14(11-12)18-16(21)15-8-9-17-19(15)2/h6-9,11,20H,4,10H2,1-2H3,(H,18,21). The number of aryl methyl sites for hydroxylation is 2. The van der Waals surface area contributed by atoms with Crippen LogP contribution in [0.4, 0.5) is 5.69 Å². The summed E-state index contributed by atoms with van der Waals surface area (Å²) in [4.78, 5) is 12.2. The van der Waals surface area contributed by atoms with Gasteiger partial charge in [-0.15, -0.1) is 0 Å². The molecule has 5 nitrogen and oxygen atoms in total. The Balaban J connectivity index is 2.27. The number of aliphatic hydroxyl groups is 1. The second-order valence-electron chi connectivity index (χ2n) is 4.62. The van der Waals surface area contributed by atoms with Gasteiger partial charge in [0.25, 0.3) is 5.91 Å². The molecule has 0 aliphatic rings. The molecule has 1 heterocycles. The molecule has 2 aromatic rings. The second kappa shape index (κ2) is 6.73. The van der Waals surface area contributed by atoms with Gasteiger partial charge in [0.15, 0.2) is 0 Å². The highest BCUT2D eigenvalue weighted by atomic mass is 16.2. The maximum Gasteiger partial charge on any atom is 0.273 e. The third-order valence-corrected chi connectivity index (χ3v) is 2.94. The molecule has 1 aromatic heterocycles. The summed E-state index contributed by atoms with van der Waals surface area (Å²) in [6.45, 7) is 1.97. The van der Waals surface area contributed by atoms with Crippen molar-refractivity contribution in [1.82, 2.24) is 9.78 Å². The Morgan fingerprint density at radius 3 is 2.90 bits per heavy atom. The van der Waals surface area contributed by atoms with E-state index in [9.17, 15) is 4.79 Å². The van der Waals surface area contributed by atoms with Crippen molar-refractivity contribution in [3.63, 3.8) is 0 Å². The Labute approximate surface area is 123 Å². The molecule has 1 aromatic carbocycles. The Bertz CT molecular complexity index is 708. The highest BCUT2D eigenvalue weighted by molar-refractivity contribution is 6.03. The van der Waals surface area contributed by atoms with Crippen LogP contribution in [0.25, 0.3) is 0 Å². The number of anilines is 1. The summed E-state index contributed by atoms with van der Waals surface area (Å²) in [5.41, 5.74) is 2.89. The van der Waals surface area contributed by atoms with Crippen molar-refractivity contribution < 1.29 is 9.90 Å². The summed E-state index contributed by atoms with van der Waals surface area (Å²) in [5, 5.41) is 15.6. The van der Waals surface area contributed by atoms with E-state index < -0.39 is 0 Å². The van der Waals surface area contributed by atoms with E-state index in [1.54, 1.807) is 19.3 Å². The first kappa shape index (κ1) is 14.8. The first-order valence-electron chi connectivity index (χ1n) is 6.61. The monoisotopic (exact) mass is 283 g/mol. The van der Waals surface area contributed by atoms with E-state index in [2.05, 4.69) is 22.3 Å². The zero-order valence-corrected chi connectivity index (χ0v) is 12.1. The van der Waals surface area contributed by atoms with Crippen LogP contribution in [0.1, 0.15) is 28.0 Å². The average molecular weight is 283 g/mol. The first-order valence-corrected chi connectivity index (χ1v) is 6.61. The molecular formula is C16H17N3O2. The van der Waals surface area contributed by atoms with Gasteiger partial charge in [0, 0.05) is 25.2 Å². The Hall–Kier alpha value is -2.58. The van der Waals surface area contributed by atoms with Crippen molar-refractivity contribution in [3.05, 3.63) is 47.3 Å². The van der Waals surface area contributed by atoms with Crippen LogP contribution in [0, 0.1) is 18.8 Å². The van der Waals surface area contributed by atoms with E-state index in [1.165, 1.54) is 4.68 Å². The van der Waals surface area contributed by atoms with E-state index in [0.717, 1.165) is 11.1 Å². The highest BCUT2D eigenvalue weighted by Gasteiger charge is 2.11. The van der Waals surface area contributed by atoms with Gasteiger partial charge in [-0.25, -0.2) is 0 Å². The summed E-state index contributed by atoms with van der Waals surface area (Å²) in [6.07, 6.45) is 1.98. The van der Waals surface area contributed by atoms with Crippen LogP contribution >= 0.6 is 0 Å². The normalized spacial score (nSPS) is 9.86. The van der Waals surface area contributed by atoms with Crippen molar-refractivity contribution in [3.8, 4) is 11.8 Å². The quantitative estimate of drug-likeness (QED) is 0.843. The van der Waals surface area contributed by atoms with Gasteiger partial charge in [0.2, 0.25) is 0 Å². The van der Waals surface area contributed by atoms with Crippen molar-refractivity contribution >= 4 is 11.6 Å². The topological polar surface area (TPSA) is 67.2 Å². The Morgan fingerprint density at radius 2 is 2.24 bits per heavy atom. The summed E-state index contributed by atoms with van der Waals surface area (Å²) in [6, 6.07) is 7.32. The van der Waals surface area contributed by atoms with Crippen LogP contribution in [0.3, 0.4) is 0 Å². The number of carbonyl (C=O) groups excluding carboxylic acids is 1. The van der Waals surface area contributed by atoms with Crippen molar-refractivity contribution in [2.75, 3.05) is 11.9 Å². The molecule has 2 rings (SSSR count). The molecule has 1 amide bonds. The minimum atomic E-state index is -0.231. The summed E-state index contributed by atoms with van der Waals surface area (Å²) >= 11 is 0. The molecule has 0 spiro atoms. The molecule has 0 unspecified atom stereocenters. The molecule has 0 saturated heterocycles. The van der Waals surface area contributed by atoms with Crippen LogP contribution in [-0.4, -0.2) is 27.4 Å². The van der Waals surface area contributed by atoms with Gasteiger partial charge in [0.1, 0.15) is 5.69 Å². The predicted octanol–water partition coefficient (Wildman–Crippen LogP) is 1.71. The van der Waals surface area contributed by atoms with Crippen LogP contribution in [0.2, 0.25) is 0 Å². The van der Waals surface area contributed by atoms with Gasteiger partial charge in [-0.3, -0.25) is 9.48 Å². The molecule has 0 aliphatic heterocycles. The van der Waals surface area contributed by atoms with E-state index in [-0.39, 0.29) is 12.5 Å². The molecular weight excluding hydrogens is 266 g/mol. The van der Waals surface area contributed by atoms with Crippen LogP contribution in [-0.2, 0) is 7.05 Å². The molecule has 0 bridgehead atoms. The molecule has 108 valence electrons. The lowest BCUT2D eigenvalue weighted by Gasteiger charge is -2.09. The number of hydrogen-bond acceptors (Lipinski definition) is 3. The fraction of sp³-hybridized carbons (Fsp3) is 0.250. The number of aromatic nitrogens is 2. The number of benzene rings is 1. The van der Waals surface area contributed by atoms with E-state index in [0.29, 0.717) is 17.8 Å². The minimum Gasteiger partial charge on any atom is -0.395 e. The number of carbonyl (C=O) groups is 1. The predicted molar refractivity (Wildman–Crippen MR) is 80.9 cm³/mol. The second-order valence-corrected chi connectivity index (χ2v) is 4.62. The fourth-order valence-corrected chi connectivity index (χ4v) is 1.87. The van der Waals surface area contributed by atoms with Gasteiger partial charge in [-0.2, -0.15) is 5.10 Å². The van der Waals surface area contributed by atoms with Gasteiger partial charge < -0.3 is 10.4 Å². The number of rotatable bonds is 3. The van der Waals surface area contributed by atoms with E-state index >= 15 is 0 Å². The summed E-state index contributed by atoms with van der Waals surface area (Å²) < 4.78 is 1.52. The van der Waals surface area contributed by atoms with Crippen LogP contribution in [0.15, 0.2) is 30.5 Å². The smallest absolute Gasteiger partial charge is 0.273 e. The van der Waals surface area contributed by atoms with E-state index in [1.807, 2.05) is 25.1 Å². The molecule has 0 fully saturated rings. The molecule has 0 atom stereocenters. The van der Waals surface area contributed by atoms with Crippen molar-refractivity contribution in [2.45, 2.75) is 13.3 Å². The lowest BCUT2D eigenvalue weighted by Crippen LogP contribution is -2.16. The average Bonchev–Trinajstić information content (AvgIpc) is 2.88. The Kier molecular flexibility index (Phi) is 4.75. The summed E-state index contributed by atoms with van der Waals surface area (Å²) in [7, 11) is 1.72. The van der Waals surface area contributed by atoms with Gasteiger partial charge in [-0.1, -0.05) is 17.9 Å². The minimum absolute atomic E-state index is 0.0234. The Morgan fingerprint density at radius 1 is 1.43 bits per heavy atom. The maximum absolute atomic E-state index is 12.2. The highest BCUT2D eigenvalue weighted by Crippen LogP contribution is 2.17. The number of aliphatic hydroxyl groups excluding tert-OH is 1. The molecule has 2 N–H and O–H groups in total. The molecule has 0 aliphatic carbocycles. The van der Waals surface area contributed by atoms with Gasteiger partial charge in [0.05, 0.1) is 12.3 Å². The first-order chi connectivity index (χ1) is 10.1. The largest absolute Gasteiger partial charge is 0.395 e. The van der Waals surface area contributed by atoms with Crippen molar-refractivity contribution in [2.24, 2.45) is 7.05 Å². The molecule has 0 saturated carbocycles. The number of hydrogen-bond donors (Lipinski definition) is 2. The van der Waals surface area contributed by atoms with Gasteiger partial charge in [-0.05, 0) is 30.7 Å². The third-order valence-electron chi connectivity index (χ3n) is 2.94. The molecule has 0 radical (unpaired) electrons. The number of nitrogens with one attached hydrogen (secondary N) is 1. The molecule has 5 heteroatoms. The van der Waals surface area contributed by atoms with Crippen LogP contribution in [0.5, 0.6) is 0 Å². The van der Waals surface area contributed by atoms with Crippen molar-refractivity contribution in [1.29, 1.82) is 0 Å². The number of amides is 1. The van der Waals surface area contributed by atoms with Crippen LogP contribution < -0.4 is 5.32 Å². The zero-order chi connectivity index (χ0) is 15.2. The lowest BCUT2D eigenvalue weighted by atomic mass is 10.1.